The summed E-state index contributed by atoms with van der Waals surface area (Å²) in [6.45, 7) is 1.22. The minimum Gasteiger partial charge on any atom is -0.496 e. The summed E-state index contributed by atoms with van der Waals surface area (Å²) in [6, 6.07) is 10.9. The smallest absolute Gasteiger partial charge is 0.258 e. The quantitative estimate of drug-likeness (QED) is 0.628. The molecule has 0 N–H and O–H groups in total. The molecule has 0 bridgehead atoms. The average molecular weight is 423 g/mol. The van der Waals surface area contributed by atoms with E-state index in [9.17, 15) is 4.79 Å². The first-order valence-corrected chi connectivity index (χ1v) is 8.82. The second kappa shape index (κ2) is 7.56. The van der Waals surface area contributed by atoms with Gasteiger partial charge in [0.05, 0.1) is 17.8 Å². The Morgan fingerprint density at radius 2 is 2.04 bits per heavy atom. The molecular formula is C18H17BrClN3O2. The largest absolute Gasteiger partial charge is 0.496 e. The number of pyridine rings is 1. The van der Waals surface area contributed by atoms with E-state index in [-0.39, 0.29) is 5.56 Å². The number of hydrogen-bond donors (Lipinski definition) is 0. The maximum atomic E-state index is 12.3. The van der Waals surface area contributed by atoms with Crippen molar-refractivity contribution in [2.75, 3.05) is 14.2 Å². The van der Waals surface area contributed by atoms with Gasteiger partial charge in [-0.2, -0.15) is 0 Å². The third-order valence-corrected chi connectivity index (χ3v) is 4.51. The molecule has 25 heavy (non-hydrogen) atoms. The topological polar surface area (TPSA) is 46.8 Å². The molecule has 2 heterocycles. The fourth-order valence-corrected chi connectivity index (χ4v) is 3.27. The van der Waals surface area contributed by atoms with Gasteiger partial charge in [-0.3, -0.25) is 14.1 Å². The summed E-state index contributed by atoms with van der Waals surface area (Å²) >= 11 is 9.42. The minimum absolute atomic E-state index is 0.143. The SMILES string of the molecule is COc1ccc(Br)cc1CN(C)Cc1cc(=O)n2cc(Cl)ccc2n1. The van der Waals surface area contributed by atoms with Crippen molar-refractivity contribution in [3.8, 4) is 5.75 Å². The first-order valence-electron chi connectivity index (χ1n) is 7.65. The van der Waals surface area contributed by atoms with Gasteiger partial charge in [0, 0.05) is 35.4 Å². The van der Waals surface area contributed by atoms with Crippen molar-refractivity contribution in [1.82, 2.24) is 14.3 Å². The summed E-state index contributed by atoms with van der Waals surface area (Å²) in [5.41, 5.74) is 2.21. The number of methoxy groups -OCH3 is 1. The number of fused-ring (bicyclic) bond motifs is 1. The lowest BCUT2D eigenvalue weighted by Gasteiger charge is -2.18. The minimum atomic E-state index is -0.143. The summed E-state index contributed by atoms with van der Waals surface area (Å²) in [7, 11) is 3.63. The zero-order chi connectivity index (χ0) is 18.0. The van der Waals surface area contributed by atoms with Crippen LogP contribution in [0.3, 0.4) is 0 Å². The number of rotatable bonds is 5. The molecule has 130 valence electrons. The number of hydrogen-bond acceptors (Lipinski definition) is 4. The fourth-order valence-electron chi connectivity index (χ4n) is 2.70. The average Bonchev–Trinajstić information content (AvgIpc) is 2.56. The van der Waals surface area contributed by atoms with Crippen molar-refractivity contribution < 1.29 is 4.74 Å². The number of ether oxygens (including phenoxy) is 1. The summed E-state index contributed by atoms with van der Waals surface area (Å²) in [5, 5.41) is 0.503. The van der Waals surface area contributed by atoms with Crippen molar-refractivity contribution in [2.45, 2.75) is 13.1 Å². The van der Waals surface area contributed by atoms with Gasteiger partial charge in [-0.15, -0.1) is 0 Å². The van der Waals surface area contributed by atoms with E-state index in [1.165, 1.54) is 10.5 Å². The molecule has 0 amide bonds. The van der Waals surface area contributed by atoms with Gasteiger partial charge >= 0.3 is 0 Å². The number of aromatic nitrogens is 2. The van der Waals surface area contributed by atoms with Crippen LogP contribution in [0.2, 0.25) is 5.02 Å². The standard InChI is InChI=1S/C18H17BrClN3O2/c1-22(9-12-7-13(19)3-5-16(12)25-2)11-15-8-18(24)23-10-14(20)4-6-17(23)21-15/h3-8,10H,9,11H2,1-2H3. The molecular weight excluding hydrogens is 406 g/mol. The lowest BCUT2D eigenvalue weighted by Crippen LogP contribution is -2.22. The Labute approximate surface area is 159 Å². The molecule has 0 atom stereocenters. The van der Waals surface area contributed by atoms with Gasteiger partial charge in [-0.1, -0.05) is 27.5 Å². The molecule has 3 aromatic rings. The van der Waals surface area contributed by atoms with Gasteiger partial charge < -0.3 is 4.74 Å². The zero-order valence-corrected chi connectivity index (χ0v) is 16.2. The second-order valence-electron chi connectivity index (χ2n) is 5.79. The molecule has 1 aromatic carbocycles. The normalized spacial score (nSPS) is 11.2. The maximum absolute atomic E-state index is 12.3. The Hall–Kier alpha value is -1.89. The molecule has 3 rings (SSSR count). The predicted molar refractivity (Wildman–Crippen MR) is 102 cm³/mol. The van der Waals surface area contributed by atoms with Crippen molar-refractivity contribution in [3.05, 3.63) is 73.7 Å². The number of benzene rings is 1. The van der Waals surface area contributed by atoms with Crippen LogP contribution in [-0.4, -0.2) is 28.4 Å². The lowest BCUT2D eigenvalue weighted by molar-refractivity contribution is 0.306. The maximum Gasteiger partial charge on any atom is 0.258 e. The molecule has 0 saturated heterocycles. The second-order valence-corrected chi connectivity index (χ2v) is 7.14. The van der Waals surface area contributed by atoms with Gasteiger partial charge in [0.2, 0.25) is 0 Å². The molecule has 0 radical (unpaired) electrons. The van der Waals surface area contributed by atoms with Crippen LogP contribution in [0.15, 0.2) is 51.9 Å². The van der Waals surface area contributed by atoms with Gasteiger partial charge in [0.1, 0.15) is 11.4 Å². The van der Waals surface area contributed by atoms with E-state index in [2.05, 4.69) is 25.8 Å². The first-order chi connectivity index (χ1) is 12.0. The van der Waals surface area contributed by atoms with Crippen LogP contribution in [0.4, 0.5) is 0 Å². The molecule has 5 nitrogen and oxygen atoms in total. The van der Waals surface area contributed by atoms with Gasteiger partial charge in [0.25, 0.3) is 5.56 Å². The van der Waals surface area contributed by atoms with E-state index in [4.69, 9.17) is 16.3 Å². The highest BCUT2D eigenvalue weighted by molar-refractivity contribution is 9.10. The van der Waals surface area contributed by atoms with Crippen molar-refractivity contribution >= 4 is 33.2 Å². The van der Waals surface area contributed by atoms with Crippen LogP contribution < -0.4 is 10.3 Å². The van der Waals surface area contributed by atoms with Crippen LogP contribution in [0.25, 0.3) is 5.65 Å². The molecule has 0 unspecified atom stereocenters. The Bertz CT molecular complexity index is 974. The van der Waals surface area contributed by atoms with E-state index >= 15 is 0 Å². The lowest BCUT2D eigenvalue weighted by atomic mass is 10.2. The number of halogens is 2. The molecule has 0 aliphatic carbocycles. The van der Waals surface area contributed by atoms with E-state index in [1.807, 2.05) is 25.2 Å². The predicted octanol–water partition coefficient (Wildman–Crippen LogP) is 3.75. The van der Waals surface area contributed by atoms with Gasteiger partial charge in [0.15, 0.2) is 0 Å². The molecule has 0 aliphatic heterocycles. The fraction of sp³-hybridized carbons (Fsp3) is 0.222. The van der Waals surface area contributed by atoms with Crippen LogP contribution in [0.1, 0.15) is 11.3 Å². The summed E-state index contributed by atoms with van der Waals surface area (Å²) < 4.78 is 7.85. The van der Waals surface area contributed by atoms with E-state index < -0.39 is 0 Å². The van der Waals surface area contributed by atoms with Crippen LogP contribution in [0, 0.1) is 0 Å². The van der Waals surface area contributed by atoms with Gasteiger partial charge in [-0.25, -0.2) is 4.98 Å². The van der Waals surface area contributed by atoms with E-state index in [0.717, 1.165) is 15.8 Å². The van der Waals surface area contributed by atoms with Crippen LogP contribution >= 0.6 is 27.5 Å². The highest BCUT2D eigenvalue weighted by atomic mass is 79.9. The summed E-state index contributed by atoms with van der Waals surface area (Å²) in [5.74, 6) is 0.830. The Morgan fingerprint density at radius 3 is 2.80 bits per heavy atom. The van der Waals surface area contributed by atoms with Crippen LogP contribution in [-0.2, 0) is 13.1 Å². The number of nitrogens with zero attached hydrogens (tertiary/aromatic N) is 3. The summed E-state index contributed by atoms with van der Waals surface area (Å²) in [4.78, 5) is 18.9. The zero-order valence-electron chi connectivity index (χ0n) is 13.9. The third-order valence-electron chi connectivity index (χ3n) is 3.79. The molecule has 2 aromatic heterocycles. The van der Waals surface area contributed by atoms with E-state index in [0.29, 0.717) is 29.5 Å². The third kappa shape index (κ3) is 4.21. The molecule has 7 heteroatoms. The highest BCUT2D eigenvalue weighted by Crippen LogP contribution is 2.24. The Balaban J connectivity index is 1.83. The van der Waals surface area contributed by atoms with Crippen molar-refractivity contribution in [2.24, 2.45) is 0 Å². The molecule has 0 fully saturated rings. The molecule has 0 spiro atoms. The molecule has 0 aliphatic rings. The first kappa shape index (κ1) is 17.9. The Morgan fingerprint density at radius 1 is 1.24 bits per heavy atom. The van der Waals surface area contributed by atoms with E-state index in [1.54, 1.807) is 25.4 Å². The van der Waals surface area contributed by atoms with Crippen molar-refractivity contribution in [3.63, 3.8) is 0 Å². The molecule has 0 saturated carbocycles. The summed E-state index contributed by atoms with van der Waals surface area (Å²) in [6.07, 6.45) is 1.58. The van der Waals surface area contributed by atoms with Crippen molar-refractivity contribution in [1.29, 1.82) is 0 Å². The van der Waals surface area contributed by atoms with Crippen LogP contribution in [0.5, 0.6) is 5.75 Å². The Kier molecular flexibility index (Phi) is 5.42. The highest BCUT2D eigenvalue weighted by Gasteiger charge is 2.10. The monoisotopic (exact) mass is 421 g/mol. The van der Waals surface area contributed by atoms with Gasteiger partial charge in [-0.05, 0) is 37.4 Å².